The second kappa shape index (κ2) is 4.14. The molecule has 1 aliphatic rings. The number of aromatic nitrogens is 2. The fourth-order valence-corrected chi connectivity index (χ4v) is 2.44. The summed E-state index contributed by atoms with van der Waals surface area (Å²) >= 11 is 0. The Hall–Kier alpha value is -1.36. The number of rotatable bonds is 2. The minimum absolute atomic E-state index is 0.0953. The van der Waals surface area contributed by atoms with Crippen LogP contribution in [0.2, 0.25) is 0 Å². The van der Waals surface area contributed by atoms with Gasteiger partial charge < -0.3 is 14.6 Å². The largest absolute Gasteiger partial charge is 0.388 e. The first kappa shape index (κ1) is 12.1. The molecule has 1 aromatic rings. The molecule has 0 radical (unpaired) electrons. The van der Waals surface area contributed by atoms with E-state index in [-0.39, 0.29) is 11.9 Å². The van der Waals surface area contributed by atoms with Crippen LogP contribution in [0.5, 0.6) is 0 Å². The summed E-state index contributed by atoms with van der Waals surface area (Å²) in [5.41, 5.74) is -0.864. The average molecular weight is 237 g/mol. The van der Waals surface area contributed by atoms with Crippen molar-refractivity contribution in [3.8, 4) is 0 Å². The van der Waals surface area contributed by atoms with Crippen LogP contribution in [0, 0.1) is 0 Å². The van der Waals surface area contributed by atoms with E-state index in [4.69, 9.17) is 0 Å². The van der Waals surface area contributed by atoms with E-state index in [2.05, 4.69) is 4.98 Å². The van der Waals surface area contributed by atoms with Crippen LogP contribution in [0.1, 0.15) is 37.3 Å². The summed E-state index contributed by atoms with van der Waals surface area (Å²) < 4.78 is 1.71. The summed E-state index contributed by atoms with van der Waals surface area (Å²) in [5.74, 6) is 0.336. The third kappa shape index (κ3) is 2.20. The van der Waals surface area contributed by atoms with Crippen LogP contribution in [0.4, 0.5) is 0 Å². The molecule has 0 aromatic carbocycles. The normalized spacial score (nSPS) is 20.9. The Kier molecular flexibility index (Phi) is 2.95. The van der Waals surface area contributed by atoms with E-state index in [0.29, 0.717) is 12.4 Å². The van der Waals surface area contributed by atoms with E-state index in [1.807, 2.05) is 0 Å². The highest BCUT2D eigenvalue weighted by atomic mass is 16.3. The molecule has 0 aliphatic carbocycles. The molecule has 0 unspecified atom stereocenters. The Bertz CT molecular complexity index is 420. The highest BCUT2D eigenvalue weighted by Gasteiger charge is 2.39. The molecule has 0 spiro atoms. The number of imidazole rings is 1. The van der Waals surface area contributed by atoms with E-state index < -0.39 is 5.60 Å². The van der Waals surface area contributed by atoms with Gasteiger partial charge in [-0.3, -0.25) is 4.79 Å². The van der Waals surface area contributed by atoms with Crippen LogP contribution < -0.4 is 0 Å². The third-order valence-electron chi connectivity index (χ3n) is 3.34. The minimum Gasteiger partial charge on any atom is -0.388 e. The highest BCUT2D eigenvalue weighted by molar-refractivity contribution is 5.91. The maximum atomic E-state index is 12.3. The Morgan fingerprint density at radius 3 is 2.82 bits per heavy atom. The van der Waals surface area contributed by atoms with Gasteiger partial charge in [-0.05, 0) is 26.7 Å². The minimum atomic E-state index is -0.864. The van der Waals surface area contributed by atoms with Crippen molar-refractivity contribution >= 4 is 5.91 Å². The molecule has 1 fully saturated rings. The van der Waals surface area contributed by atoms with Crippen LogP contribution in [0.25, 0.3) is 0 Å². The van der Waals surface area contributed by atoms with Crippen molar-refractivity contribution in [2.75, 3.05) is 6.54 Å². The molecule has 1 aromatic heterocycles. The lowest BCUT2D eigenvalue weighted by atomic mass is 9.96. The van der Waals surface area contributed by atoms with Gasteiger partial charge >= 0.3 is 0 Å². The van der Waals surface area contributed by atoms with Crippen molar-refractivity contribution in [1.82, 2.24) is 14.5 Å². The van der Waals surface area contributed by atoms with Crippen molar-refractivity contribution in [3.05, 3.63) is 18.2 Å². The van der Waals surface area contributed by atoms with Crippen molar-refractivity contribution in [3.63, 3.8) is 0 Å². The molecule has 1 N–H and O–H groups in total. The van der Waals surface area contributed by atoms with Crippen molar-refractivity contribution in [1.29, 1.82) is 0 Å². The molecule has 1 saturated heterocycles. The number of carbonyl (C=O) groups is 1. The molecule has 1 aliphatic heterocycles. The van der Waals surface area contributed by atoms with E-state index >= 15 is 0 Å². The molecule has 17 heavy (non-hydrogen) atoms. The van der Waals surface area contributed by atoms with Gasteiger partial charge in [0.15, 0.2) is 5.82 Å². The van der Waals surface area contributed by atoms with Crippen molar-refractivity contribution < 1.29 is 9.90 Å². The molecule has 5 nitrogen and oxygen atoms in total. The first-order chi connectivity index (χ1) is 7.91. The number of nitrogens with zero attached hydrogens (tertiary/aromatic N) is 3. The number of aryl methyl sites for hydroxylation is 1. The third-order valence-corrected chi connectivity index (χ3v) is 3.34. The molecule has 5 heteroatoms. The number of hydrogen-bond acceptors (Lipinski definition) is 3. The predicted molar refractivity (Wildman–Crippen MR) is 63.6 cm³/mol. The van der Waals surface area contributed by atoms with E-state index in [1.165, 1.54) is 0 Å². The molecule has 0 bridgehead atoms. The van der Waals surface area contributed by atoms with E-state index in [1.54, 1.807) is 42.8 Å². The zero-order valence-electron chi connectivity index (χ0n) is 10.6. The Morgan fingerprint density at radius 1 is 1.59 bits per heavy atom. The molecule has 2 heterocycles. The summed E-state index contributed by atoms with van der Waals surface area (Å²) in [6.45, 7) is 4.20. The van der Waals surface area contributed by atoms with Crippen LogP contribution in [-0.2, 0) is 7.05 Å². The Balaban J connectivity index is 2.23. The second-order valence-electron chi connectivity index (χ2n) is 5.17. The number of aliphatic hydroxyl groups is 1. The lowest BCUT2D eigenvalue weighted by Gasteiger charge is -2.33. The van der Waals surface area contributed by atoms with Gasteiger partial charge in [0.05, 0.1) is 11.6 Å². The van der Waals surface area contributed by atoms with Gasteiger partial charge in [0.1, 0.15) is 0 Å². The zero-order chi connectivity index (χ0) is 12.6. The van der Waals surface area contributed by atoms with Gasteiger partial charge in [-0.2, -0.15) is 0 Å². The smallest absolute Gasteiger partial charge is 0.290 e. The molecule has 0 saturated carbocycles. The first-order valence-electron chi connectivity index (χ1n) is 5.92. The van der Waals surface area contributed by atoms with Gasteiger partial charge in [-0.1, -0.05) is 0 Å². The lowest BCUT2D eigenvalue weighted by Crippen LogP contribution is -2.48. The van der Waals surface area contributed by atoms with Crippen LogP contribution in [0.15, 0.2) is 12.4 Å². The maximum absolute atomic E-state index is 12.3. The number of likely N-dealkylation sites (tertiary alicyclic amines) is 1. The standard InChI is InChI=1S/C12H19N3O2/c1-12(2,17)9-5-4-7-15(9)11(16)10-13-6-8-14(10)3/h6,8-9,17H,4-5,7H2,1-3H3/t9-/m0/s1. The van der Waals surface area contributed by atoms with Crippen LogP contribution >= 0.6 is 0 Å². The summed E-state index contributed by atoms with van der Waals surface area (Å²) in [4.78, 5) is 18.1. The monoisotopic (exact) mass is 237 g/mol. The molecular weight excluding hydrogens is 218 g/mol. The van der Waals surface area contributed by atoms with Gasteiger partial charge in [0.2, 0.25) is 0 Å². The molecular formula is C12H19N3O2. The number of carbonyl (C=O) groups excluding carboxylic acids is 1. The molecule has 1 amide bonds. The Labute approximate surface area is 101 Å². The topological polar surface area (TPSA) is 58.4 Å². The summed E-state index contributed by atoms with van der Waals surface area (Å²) in [6, 6.07) is -0.119. The molecule has 2 rings (SSSR count). The fraction of sp³-hybridized carbons (Fsp3) is 0.667. The summed E-state index contributed by atoms with van der Waals surface area (Å²) in [6.07, 6.45) is 5.15. The quantitative estimate of drug-likeness (QED) is 0.827. The Morgan fingerprint density at radius 2 is 2.29 bits per heavy atom. The summed E-state index contributed by atoms with van der Waals surface area (Å²) in [7, 11) is 1.80. The summed E-state index contributed by atoms with van der Waals surface area (Å²) in [5, 5.41) is 10.1. The van der Waals surface area contributed by atoms with Gasteiger partial charge in [-0.25, -0.2) is 4.98 Å². The van der Waals surface area contributed by atoms with E-state index in [0.717, 1.165) is 12.8 Å². The molecule has 1 atom stereocenters. The van der Waals surface area contributed by atoms with Crippen LogP contribution in [-0.4, -0.2) is 43.7 Å². The lowest BCUT2D eigenvalue weighted by molar-refractivity contribution is -0.000250. The van der Waals surface area contributed by atoms with Gasteiger partial charge in [0.25, 0.3) is 5.91 Å². The fourth-order valence-electron chi connectivity index (χ4n) is 2.44. The molecule has 94 valence electrons. The van der Waals surface area contributed by atoms with Gasteiger partial charge in [-0.15, -0.1) is 0 Å². The van der Waals surface area contributed by atoms with Crippen molar-refractivity contribution in [2.24, 2.45) is 7.05 Å². The maximum Gasteiger partial charge on any atom is 0.290 e. The van der Waals surface area contributed by atoms with Crippen LogP contribution in [0.3, 0.4) is 0 Å². The van der Waals surface area contributed by atoms with Gasteiger partial charge in [0, 0.05) is 26.0 Å². The first-order valence-corrected chi connectivity index (χ1v) is 5.92. The highest BCUT2D eigenvalue weighted by Crippen LogP contribution is 2.27. The SMILES string of the molecule is Cn1ccnc1C(=O)N1CCC[C@H]1C(C)(C)O. The average Bonchev–Trinajstić information content (AvgIpc) is 2.82. The zero-order valence-corrected chi connectivity index (χ0v) is 10.6. The second-order valence-corrected chi connectivity index (χ2v) is 5.17. The number of hydrogen-bond donors (Lipinski definition) is 1. The van der Waals surface area contributed by atoms with Crippen molar-refractivity contribution in [2.45, 2.75) is 38.3 Å². The van der Waals surface area contributed by atoms with E-state index in [9.17, 15) is 9.90 Å². The number of amides is 1. The predicted octanol–water partition coefficient (Wildman–Crippen LogP) is 0.796.